The van der Waals surface area contributed by atoms with E-state index < -0.39 is 27.3 Å². The summed E-state index contributed by atoms with van der Waals surface area (Å²) >= 11 is 0. The molecule has 0 fully saturated rings. The van der Waals surface area contributed by atoms with Gasteiger partial charge in [-0.25, -0.2) is 4.57 Å². The Hall–Kier alpha value is -0.0100. The van der Waals surface area contributed by atoms with Crippen LogP contribution in [0.4, 0.5) is 0 Å². The van der Waals surface area contributed by atoms with Crippen LogP contribution in [0.1, 0.15) is 6.92 Å². The Labute approximate surface area is 81.8 Å². The summed E-state index contributed by atoms with van der Waals surface area (Å²) in [7, 11) is -4.03. The lowest BCUT2D eigenvalue weighted by atomic mass is 10.4. The van der Waals surface area contributed by atoms with E-state index in [2.05, 4.69) is 13.8 Å². The molecule has 0 heterocycles. The maximum atomic E-state index is 10.8. The van der Waals surface area contributed by atoms with Gasteiger partial charge < -0.3 is 19.8 Å². The van der Waals surface area contributed by atoms with Crippen LogP contribution < -0.4 is 0 Å². The van der Waals surface area contributed by atoms with E-state index in [1.165, 1.54) is 0 Å². The highest BCUT2D eigenvalue weighted by molar-refractivity contribution is 7.47. The smallest absolute Gasteiger partial charge is 0.394 e. The predicted octanol–water partition coefficient (Wildman–Crippen LogP) is -0.533. The van der Waals surface area contributed by atoms with Crippen molar-refractivity contribution in [1.82, 2.24) is 0 Å². The van der Waals surface area contributed by atoms with Crippen molar-refractivity contribution in [2.45, 2.75) is 13.0 Å². The fraction of sp³-hybridized carbons (Fsp3) is 1.00. The van der Waals surface area contributed by atoms with Crippen LogP contribution in [0.3, 0.4) is 0 Å². The number of aliphatic hydroxyl groups excluding tert-OH is 2. The molecule has 0 aromatic heterocycles. The van der Waals surface area contributed by atoms with Gasteiger partial charge in [-0.15, -0.1) is 0 Å². The predicted molar refractivity (Wildman–Crippen MR) is 46.4 cm³/mol. The molecule has 8 heteroatoms. The van der Waals surface area contributed by atoms with E-state index in [0.717, 1.165) is 0 Å². The molecule has 0 spiro atoms. The van der Waals surface area contributed by atoms with Crippen molar-refractivity contribution >= 4 is 7.82 Å². The lowest BCUT2D eigenvalue weighted by Crippen LogP contribution is -2.20. The molecule has 2 unspecified atom stereocenters. The second-order valence-corrected chi connectivity index (χ2v) is 3.79. The van der Waals surface area contributed by atoms with Gasteiger partial charge in [0.2, 0.25) is 0 Å². The number of aliphatic hydroxyl groups is 2. The van der Waals surface area contributed by atoms with Crippen molar-refractivity contribution in [3.05, 3.63) is 0 Å². The highest BCUT2D eigenvalue weighted by Gasteiger charge is 2.19. The van der Waals surface area contributed by atoms with Crippen molar-refractivity contribution in [3.63, 3.8) is 0 Å². The van der Waals surface area contributed by atoms with Gasteiger partial charge in [-0.3, -0.25) is 9.05 Å². The molecule has 0 aliphatic rings. The summed E-state index contributed by atoms with van der Waals surface area (Å²) in [6.07, 6.45) is -1.02. The molecule has 86 valence electrons. The van der Waals surface area contributed by atoms with Crippen molar-refractivity contribution < 1.29 is 33.5 Å². The first kappa shape index (κ1) is 14.0. The molecule has 0 aromatic rings. The Morgan fingerprint density at radius 2 is 2.07 bits per heavy atom. The average Bonchev–Trinajstić information content (AvgIpc) is 2.12. The summed E-state index contributed by atoms with van der Waals surface area (Å²) in [6.45, 7) is 0.491. The van der Waals surface area contributed by atoms with Gasteiger partial charge in [0, 0.05) is 0 Å². The third-order valence-corrected chi connectivity index (χ3v) is 2.13. The normalized spacial score (nSPS) is 17.7. The quantitative estimate of drug-likeness (QED) is 0.292. The highest BCUT2D eigenvalue weighted by Crippen LogP contribution is 2.42. The van der Waals surface area contributed by atoms with Gasteiger partial charge in [0.1, 0.15) is 6.10 Å². The maximum absolute atomic E-state index is 10.8. The minimum atomic E-state index is -4.03. The number of hydrogen-bond donors (Lipinski definition) is 3. The first-order valence-electron chi connectivity index (χ1n) is 4.00. The van der Waals surface area contributed by atoms with Crippen LogP contribution in [0, 0.1) is 0 Å². The molecule has 14 heavy (non-hydrogen) atoms. The van der Waals surface area contributed by atoms with E-state index in [-0.39, 0.29) is 13.2 Å². The zero-order chi connectivity index (χ0) is 11.0. The second kappa shape index (κ2) is 7.30. The zero-order valence-electron chi connectivity index (χ0n) is 7.83. The van der Waals surface area contributed by atoms with E-state index in [4.69, 9.17) is 15.1 Å². The number of ether oxygens (including phenoxy) is 1. The van der Waals surface area contributed by atoms with E-state index in [1.807, 2.05) is 0 Å². The van der Waals surface area contributed by atoms with Gasteiger partial charge in [0.25, 0.3) is 0 Å². The molecule has 0 amide bonds. The second-order valence-electron chi connectivity index (χ2n) is 2.34. The fourth-order valence-corrected chi connectivity index (χ4v) is 1.15. The number of phosphoric ester groups is 1. The molecule has 0 saturated carbocycles. The van der Waals surface area contributed by atoms with E-state index >= 15 is 0 Å². The van der Waals surface area contributed by atoms with Crippen molar-refractivity contribution in [3.8, 4) is 0 Å². The molecule has 0 rings (SSSR count). The summed E-state index contributed by atoms with van der Waals surface area (Å²) < 4.78 is 24.2. The molecule has 0 saturated heterocycles. The molecular formula is C6H15O7P. The molecule has 0 aliphatic heterocycles. The molecule has 0 aromatic carbocycles. The Morgan fingerprint density at radius 3 is 2.57 bits per heavy atom. The minimum absolute atomic E-state index is 0.0487. The number of hydrogen-bond acceptors (Lipinski definition) is 6. The fourth-order valence-electron chi connectivity index (χ4n) is 0.541. The highest BCUT2D eigenvalue weighted by atomic mass is 31.2. The van der Waals surface area contributed by atoms with Crippen LogP contribution in [0.15, 0.2) is 0 Å². The Morgan fingerprint density at radius 1 is 1.43 bits per heavy atom. The Balaban J connectivity index is 3.49. The lowest BCUT2D eigenvalue weighted by Gasteiger charge is -2.12. The van der Waals surface area contributed by atoms with Crippen molar-refractivity contribution in [1.29, 1.82) is 0 Å². The Bertz CT molecular complexity index is 185. The third kappa shape index (κ3) is 7.40. The van der Waals surface area contributed by atoms with Crippen LogP contribution >= 0.6 is 7.82 Å². The van der Waals surface area contributed by atoms with Crippen LogP contribution in [-0.4, -0.2) is 47.8 Å². The van der Waals surface area contributed by atoms with Crippen LogP contribution in [0.2, 0.25) is 0 Å². The number of rotatable bonds is 8. The minimum Gasteiger partial charge on any atom is -0.394 e. The third-order valence-electron chi connectivity index (χ3n) is 1.11. The summed E-state index contributed by atoms with van der Waals surface area (Å²) in [6, 6.07) is 0. The molecule has 7 nitrogen and oxygen atoms in total. The van der Waals surface area contributed by atoms with E-state index in [1.54, 1.807) is 6.92 Å². The van der Waals surface area contributed by atoms with E-state index in [0.29, 0.717) is 0 Å². The number of phosphoric acid groups is 1. The maximum Gasteiger partial charge on any atom is 0.474 e. The molecule has 0 aliphatic carbocycles. The van der Waals surface area contributed by atoms with Crippen LogP contribution in [0.25, 0.3) is 0 Å². The summed E-state index contributed by atoms with van der Waals surface area (Å²) in [5.41, 5.74) is 0. The van der Waals surface area contributed by atoms with Gasteiger partial charge in [-0.1, -0.05) is 0 Å². The standard InChI is InChI=1S/C6H15O7P/c1-2-12-14(9,10)13-5-11-4-6(8)3-7/h6-8H,2-5H2,1H3,(H,9,10). The van der Waals surface area contributed by atoms with E-state index in [9.17, 15) is 4.57 Å². The molecule has 0 radical (unpaired) electrons. The van der Waals surface area contributed by atoms with Gasteiger partial charge in [-0.05, 0) is 6.92 Å². The van der Waals surface area contributed by atoms with Gasteiger partial charge in [0.15, 0.2) is 6.79 Å². The first-order valence-corrected chi connectivity index (χ1v) is 5.50. The van der Waals surface area contributed by atoms with Crippen molar-refractivity contribution in [2.75, 3.05) is 26.6 Å². The summed E-state index contributed by atoms with van der Waals surface area (Å²) in [5.74, 6) is 0. The first-order chi connectivity index (χ1) is 6.52. The lowest BCUT2D eigenvalue weighted by molar-refractivity contribution is -0.0538. The molecular weight excluding hydrogens is 215 g/mol. The van der Waals surface area contributed by atoms with Crippen molar-refractivity contribution in [2.24, 2.45) is 0 Å². The van der Waals surface area contributed by atoms with Crippen LogP contribution in [-0.2, 0) is 18.3 Å². The monoisotopic (exact) mass is 230 g/mol. The average molecular weight is 230 g/mol. The van der Waals surface area contributed by atoms with Gasteiger partial charge in [0.05, 0.1) is 19.8 Å². The topological polar surface area (TPSA) is 105 Å². The van der Waals surface area contributed by atoms with Gasteiger partial charge >= 0.3 is 7.82 Å². The van der Waals surface area contributed by atoms with Crippen LogP contribution in [0.5, 0.6) is 0 Å². The van der Waals surface area contributed by atoms with Gasteiger partial charge in [-0.2, -0.15) is 0 Å². The molecule has 3 N–H and O–H groups in total. The Kier molecular flexibility index (Phi) is 7.30. The summed E-state index contributed by atoms with van der Waals surface area (Å²) in [5, 5.41) is 17.2. The largest absolute Gasteiger partial charge is 0.474 e. The molecule has 2 atom stereocenters. The zero-order valence-corrected chi connectivity index (χ0v) is 8.72. The molecule has 0 bridgehead atoms. The SMILES string of the molecule is CCOP(=O)(O)OCOCC(O)CO. The summed E-state index contributed by atoms with van der Waals surface area (Å²) in [4.78, 5) is 8.86.